The topological polar surface area (TPSA) is 94.7 Å². The molecule has 0 atom stereocenters. The van der Waals surface area contributed by atoms with E-state index >= 15 is 0 Å². The van der Waals surface area contributed by atoms with Gasteiger partial charge in [0.1, 0.15) is 23.7 Å². The van der Waals surface area contributed by atoms with Crippen LogP contribution in [0.1, 0.15) is 23.2 Å². The molecule has 1 amide bonds. The van der Waals surface area contributed by atoms with Gasteiger partial charge in [0.25, 0.3) is 5.91 Å². The first-order chi connectivity index (χ1) is 18.1. The number of aliphatic hydroxyl groups is 1. The molecule has 8 nitrogen and oxygen atoms in total. The number of carbonyl (C=O) groups is 1. The number of piperazine rings is 1. The molecule has 2 aliphatic heterocycles. The lowest BCUT2D eigenvalue weighted by molar-refractivity contribution is 0.0736. The van der Waals surface area contributed by atoms with E-state index in [1.807, 2.05) is 29.2 Å². The lowest BCUT2D eigenvalue weighted by Gasteiger charge is -2.30. The molecule has 2 aliphatic rings. The van der Waals surface area contributed by atoms with Gasteiger partial charge in [-0.25, -0.2) is 14.4 Å². The van der Waals surface area contributed by atoms with Gasteiger partial charge >= 0.3 is 0 Å². The number of benzene rings is 2. The molecule has 2 N–H and O–H groups in total. The van der Waals surface area contributed by atoms with Crippen molar-refractivity contribution in [3.05, 3.63) is 66.2 Å². The van der Waals surface area contributed by atoms with Crippen molar-refractivity contribution < 1.29 is 18.7 Å². The molecule has 0 unspecified atom stereocenters. The zero-order valence-electron chi connectivity index (χ0n) is 20.4. The molecule has 0 radical (unpaired) electrons. The van der Waals surface area contributed by atoms with Crippen molar-refractivity contribution in [3.63, 3.8) is 0 Å². The molecule has 4 heterocycles. The molecule has 2 aromatic heterocycles. The van der Waals surface area contributed by atoms with Crippen molar-refractivity contribution in [1.82, 2.24) is 20.2 Å². The van der Waals surface area contributed by atoms with E-state index < -0.39 is 0 Å². The van der Waals surface area contributed by atoms with Crippen molar-refractivity contribution in [2.24, 2.45) is 0 Å². The van der Waals surface area contributed by atoms with Crippen LogP contribution in [-0.2, 0) is 0 Å². The highest BCUT2D eigenvalue weighted by Gasteiger charge is 2.27. The van der Waals surface area contributed by atoms with E-state index in [2.05, 4.69) is 20.2 Å². The fourth-order valence-corrected chi connectivity index (χ4v) is 5.15. The maximum atomic E-state index is 13.8. The van der Waals surface area contributed by atoms with Crippen LogP contribution < -0.4 is 10.2 Å². The second-order valence-corrected chi connectivity index (χ2v) is 9.53. The van der Waals surface area contributed by atoms with Crippen LogP contribution in [0.5, 0.6) is 0 Å². The number of aliphatic hydroxyl groups excluding tert-OH is 1. The van der Waals surface area contributed by atoms with Crippen LogP contribution >= 0.6 is 0 Å². The van der Waals surface area contributed by atoms with Gasteiger partial charge in [-0.1, -0.05) is 24.3 Å². The maximum Gasteiger partial charge on any atom is 0.253 e. The molecule has 2 fully saturated rings. The maximum absolute atomic E-state index is 13.8. The van der Waals surface area contributed by atoms with Gasteiger partial charge in [-0.15, -0.1) is 0 Å². The third-order valence-corrected chi connectivity index (χ3v) is 7.16. The summed E-state index contributed by atoms with van der Waals surface area (Å²) in [6.45, 7) is 4.30. The number of hydrogen-bond acceptors (Lipinski definition) is 7. The molecule has 37 heavy (non-hydrogen) atoms. The third kappa shape index (κ3) is 4.56. The Hall–Kier alpha value is -3.82. The Kier molecular flexibility index (Phi) is 6.31. The second kappa shape index (κ2) is 9.91. The van der Waals surface area contributed by atoms with E-state index in [1.165, 1.54) is 18.5 Å². The highest BCUT2D eigenvalue weighted by atomic mass is 19.1. The van der Waals surface area contributed by atoms with E-state index in [-0.39, 0.29) is 17.8 Å². The monoisotopic (exact) mass is 501 g/mol. The fourth-order valence-electron chi connectivity index (χ4n) is 5.15. The van der Waals surface area contributed by atoms with E-state index in [0.717, 1.165) is 41.0 Å². The molecule has 9 heteroatoms. The standard InChI is InChI=1S/C28H28FN5O3/c29-21-7-5-18(6-8-21)23-24-26(33-13-9-22(35)10-14-33)31-17-32-27(24)37-25(23)19-1-3-20(4-2-19)28(36)34-15-11-30-12-16-34/h1-8,17,22,30,35H,9-16H2. The number of nitrogens with zero attached hydrogens (tertiary/aromatic N) is 4. The largest absolute Gasteiger partial charge is 0.437 e. The Balaban J connectivity index is 1.45. The Bertz CT molecular complexity index is 1410. The summed E-state index contributed by atoms with van der Waals surface area (Å²) in [5.74, 6) is 1.01. The van der Waals surface area contributed by atoms with E-state index in [9.17, 15) is 14.3 Å². The lowest BCUT2D eigenvalue weighted by Crippen LogP contribution is -2.46. The van der Waals surface area contributed by atoms with E-state index in [0.29, 0.717) is 56.1 Å². The van der Waals surface area contributed by atoms with Crippen LogP contribution in [0.2, 0.25) is 0 Å². The molecule has 0 spiro atoms. The highest BCUT2D eigenvalue weighted by Crippen LogP contribution is 2.43. The quantitative estimate of drug-likeness (QED) is 0.440. The summed E-state index contributed by atoms with van der Waals surface area (Å²) in [4.78, 5) is 26.0. The molecule has 2 aromatic carbocycles. The Labute approximate surface area is 213 Å². The fraction of sp³-hybridized carbons (Fsp3) is 0.321. The first-order valence-electron chi connectivity index (χ1n) is 12.7. The number of carbonyl (C=O) groups excluding carboxylic acids is 1. The Morgan fingerprint density at radius 2 is 1.62 bits per heavy atom. The van der Waals surface area contributed by atoms with Crippen LogP contribution in [-0.4, -0.2) is 71.3 Å². The molecule has 0 bridgehead atoms. The molecule has 2 saturated heterocycles. The van der Waals surface area contributed by atoms with Gasteiger partial charge in [-0.2, -0.15) is 0 Å². The number of hydrogen-bond donors (Lipinski definition) is 2. The van der Waals surface area contributed by atoms with Crippen molar-refractivity contribution in [3.8, 4) is 22.5 Å². The van der Waals surface area contributed by atoms with Crippen LogP contribution in [0.25, 0.3) is 33.6 Å². The first kappa shape index (κ1) is 23.6. The number of anilines is 1. The number of amides is 1. The summed E-state index contributed by atoms with van der Waals surface area (Å²) >= 11 is 0. The second-order valence-electron chi connectivity index (χ2n) is 9.53. The molecule has 0 saturated carbocycles. The van der Waals surface area contributed by atoms with Crippen molar-refractivity contribution >= 4 is 22.8 Å². The molecule has 0 aliphatic carbocycles. The van der Waals surface area contributed by atoms with Gasteiger partial charge in [0.2, 0.25) is 5.71 Å². The number of halogens is 1. The SMILES string of the molecule is O=C(c1ccc(-c2oc3ncnc(N4CCC(O)CC4)c3c2-c2ccc(F)cc2)cc1)N1CCNCC1. The minimum atomic E-state index is -0.324. The highest BCUT2D eigenvalue weighted by molar-refractivity contribution is 6.06. The Morgan fingerprint density at radius 1 is 0.946 bits per heavy atom. The van der Waals surface area contributed by atoms with Crippen molar-refractivity contribution in [2.75, 3.05) is 44.2 Å². The zero-order valence-corrected chi connectivity index (χ0v) is 20.4. The summed E-state index contributed by atoms with van der Waals surface area (Å²) < 4.78 is 20.1. The first-order valence-corrected chi connectivity index (χ1v) is 12.7. The average Bonchev–Trinajstić information content (AvgIpc) is 3.34. The van der Waals surface area contributed by atoms with Gasteiger partial charge < -0.3 is 24.6 Å². The van der Waals surface area contributed by atoms with Crippen LogP contribution in [0.3, 0.4) is 0 Å². The number of piperidine rings is 1. The minimum Gasteiger partial charge on any atom is -0.437 e. The van der Waals surface area contributed by atoms with Gasteiger partial charge in [0.15, 0.2) is 0 Å². The number of aromatic nitrogens is 2. The normalized spacial score (nSPS) is 16.9. The van der Waals surface area contributed by atoms with Crippen LogP contribution in [0.4, 0.5) is 10.2 Å². The Morgan fingerprint density at radius 3 is 2.32 bits per heavy atom. The van der Waals surface area contributed by atoms with Crippen LogP contribution in [0, 0.1) is 5.82 Å². The summed E-state index contributed by atoms with van der Waals surface area (Å²) in [6, 6.07) is 13.7. The summed E-state index contributed by atoms with van der Waals surface area (Å²) in [7, 11) is 0. The van der Waals surface area contributed by atoms with E-state index in [4.69, 9.17) is 4.42 Å². The number of fused-ring (bicyclic) bond motifs is 1. The smallest absolute Gasteiger partial charge is 0.253 e. The number of furan rings is 1. The summed E-state index contributed by atoms with van der Waals surface area (Å²) in [5.41, 5.74) is 3.40. The van der Waals surface area contributed by atoms with Gasteiger partial charge in [0, 0.05) is 56.0 Å². The molecule has 6 rings (SSSR count). The molecule has 4 aromatic rings. The molecular formula is C28H28FN5O3. The third-order valence-electron chi connectivity index (χ3n) is 7.16. The summed E-state index contributed by atoms with van der Waals surface area (Å²) in [6.07, 6.45) is 2.49. The number of rotatable bonds is 4. The predicted molar refractivity (Wildman–Crippen MR) is 139 cm³/mol. The molecule has 190 valence electrons. The van der Waals surface area contributed by atoms with Gasteiger partial charge in [0.05, 0.1) is 11.5 Å². The van der Waals surface area contributed by atoms with Gasteiger partial charge in [-0.05, 0) is 42.7 Å². The average molecular weight is 502 g/mol. The predicted octanol–water partition coefficient (Wildman–Crippen LogP) is 3.70. The van der Waals surface area contributed by atoms with Crippen molar-refractivity contribution in [2.45, 2.75) is 18.9 Å². The van der Waals surface area contributed by atoms with Gasteiger partial charge in [-0.3, -0.25) is 4.79 Å². The lowest BCUT2D eigenvalue weighted by atomic mass is 9.98. The summed E-state index contributed by atoms with van der Waals surface area (Å²) in [5, 5.41) is 14.0. The zero-order chi connectivity index (χ0) is 25.4. The van der Waals surface area contributed by atoms with Crippen LogP contribution in [0.15, 0.2) is 59.3 Å². The number of nitrogens with one attached hydrogen (secondary N) is 1. The van der Waals surface area contributed by atoms with Crippen molar-refractivity contribution in [1.29, 1.82) is 0 Å². The van der Waals surface area contributed by atoms with E-state index in [1.54, 1.807) is 12.1 Å². The molecular weight excluding hydrogens is 473 g/mol. The minimum absolute atomic E-state index is 0.0110.